The number of rotatable bonds is 4. The number of benzene rings is 3. The molecule has 0 aliphatic carbocycles. The van der Waals surface area contributed by atoms with Crippen molar-refractivity contribution in [2.75, 3.05) is 4.90 Å². The third-order valence-corrected chi connectivity index (χ3v) is 5.94. The van der Waals surface area contributed by atoms with Gasteiger partial charge in [-0.25, -0.2) is 0 Å². The van der Waals surface area contributed by atoms with E-state index in [9.17, 15) is 4.79 Å². The van der Waals surface area contributed by atoms with Crippen LogP contribution in [0.15, 0.2) is 60.7 Å². The van der Waals surface area contributed by atoms with Gasteiger partial charge in [0.15, 0.2) is 6.29 Å². The molecule has 0 radical (unpaired) electrons. The molecule has 0 bridgehead atoms. The Balaban J connectivity index is 2.16. The van der Waals surface area contributed by atoms with Gasteiger partial charge in [0.25, 0.3) is 0 Å². The van der Waals surface area contributed by atoms with Gasteiger partial charge >= 0.3 is 0 Å². The number of aryl methyl sites for hydroxylation is 2. The monoisotopic (exact) mass is 413 g/mol. The Bertz CT molecular complexity index is 981. The van der Waals surface area contributed by atoms with Gasteiger partial charge in [-0.3, -0.25) is 4.79 Å². The molecule has 0 aliphatic heterocycles. The minimum absolute atomic E-state index is 0.108. The summed E-state index contributed by atoms with van der Waals surface area (Å²) in [5.41, 5.74) is 8.87. The number of carbonyl (C=O) groups is 1. The van der Waals surface area contributed by atoms with Gasteiger partial charge in [0.1, 0.15) is 0 Å². The van der Waals surface area contributed by atoms with E-state index in [1.165, 1.54) is 11.1 Å². The first kappa shape index (κ1) is 22.8. The first-order valence-electron chi connectivity index (χ1n) is 11.0. The van der Waals surface area contributed by atoms with Crippen LogP contribution < -0.4 is 4.90 Å². The van der Waals surface area contributed by atoms with Gasteiger partial charge < -0.3 is 4.90 Å². The summed E-state index contributed by atoms with van der Waals surface area (Å²) in [7, 11) is 0. The van der Waals surface area contributed by atoms with Crippen molar-refractivity contribution in [1.29, 1.82) is 0 Å². The Morgan fingerprint density at radius 3 is 1.26 bits per heavy atom. The van der Waals surface area contributed by atoms with Gasteiger partial charge in [0.05, 0.1) is 0 Å². The van der Waals surface area contributed by atoms with Crippen LogP contribution in [0.1, 0.15) is 74.2 Å². The molecular formula is C29H35NO. The molecule has 0 heterocycles. The van der Waals surface area contributed by atoms with E-state index in [-0.39, 0.29) is 10.8 Å². The van der Waals surface area contributed by atoms with Crippen LogP contribution >= 0.6 is 0 Å². The Kier molecular flexibility index (Phi) is 6.14. The highest BCUT2D eigenvalue weighted by atomic mass is 16.1. The van der Waals surface area contributed by atoms with E-state index in [1.807, 2.05) is 13.8 Å². The lowest BCUT2D eigenvalue weighted by atomic mass is 9.86. The fraction of sp³-hybridized carbons (Fsp3) is 0.345. The summed E-state index contributed by atoms with van der Waals surface area (Å²) in [6, 6.07) is 21.8. The van der Waals surface area contributed by atoms with Crippen molar-refractivity contribution < 1.29 is 4.79 Å². The Morgan fingerprint density at radius 1 is 0.613 bits per heavy atom. The van der Waals surface area contributed by atoms with Gasteiger partial charge in [0, 0.05) is 22.6 Å². The first-order chi connectivity index (χ1) is 14.4. The van der Waals surface area contributed by atoms with Crippen LogP contribution in [0.25, 0.3) is 0 Å². The van der Waals surface area contributed by atoms with Gasteiger partial charge in [0.2, 0.25) is 0 Å². The van der Waals surface area contributed by atoms with Crippen molar-refractivity contribution in [3.05, 3.63) is 88.5 Å². The van der Waals surface area contributed by atoms with Crippen LogP contribution in [0.5, 0.6) is 0 Å². The van der Waals surface area contributed by atoms with Gasteiger partial charge in [-0.2, -0.15) is 0 Å². The number of hydrogen-bond acceptors (Lipinski definition) is 2. The zero-order valence-electron chi connectivity index (χ0n) is 20.2. The fourth-order valence-corrected chi connectivity index (χ4v) is 3.94. The van der Waals surface area contributed by atoms with E-state index < -0.39 is 0 Å². The van der Waals surface area contributed by atoms with Crippen molar-refractivity contribution >= 4 is 23.3 Å². The highest BCUT2D eigenvalue weighted by molar-refractivity contribution is 5.84. The Morgan fingerprint density at radius 2 is 0.968 bits per heavy atom. The van der Waals surface area contributed by atoms with Crippen molar-refractivity contribution in [3.63, 3.8) is 0 Å². The van der Waals surface area contributed by atoms with Crippen LogP contribution in [0.2, 0.25) is 0 Å². The molecule has 0 unspecified atom stereocenters. The topological polar surface area (TPSA) is 20.3 Å². The van der Waals surface area contributed by atoms with Gasteiger partial charge in [-0.05, 0) is 83.3 Å². The molecule has 0 atom stereocenters. The zero-order valence-corrected chi connectivity index (χ0v) is 20.2. The predicted molar refractivity (Wildman–Crippen MR) is 133 cm³/mol. The van der Waals surface area contributed by atoms with E-state index in [2.05, 4.69) is 107 Å². The third-order valence-electron chi connectivity index (χ3n) is 5.94. The highest BCUT2D eigenvalue weighted by Gasteiger charge is 2.19. The van der Waals surface area contributed by atoms with Crippen LogP contribution in [-0.2, 0) is 10.8 Å². The summed E-state index contributed by atoms with van der Waals surface area (Å²) >= 11 is 0. The van der Waals surface area contributed by atoms with Crippen LogP contribution in [0.4, 0.5) is 17.1 Å². The van der Waals surface area contributed by atoms with E-state index in [0.29, 0.717) is 0 Å². The minimum atomic E-state index is 0.108. The standard InChI is InChI=1S/C29H35NO/c1-20-17-26(18-21(2)27(20)19-31)30(24-13-9-22(10-14-24)28(3,4)5)25-15-11-23(12-16-25)29(6,7)8/h9-19H,1-8H3. The Hall–Kier alpha value is -2.87. The summed E-state index contributed by atoms with van der Waals surface area (Å²) in [5, 5.41) is 0. The summed E-state index contributed by atoms with van der Waals surface area (Å²) in [6.45, 7) is 17.4. The molecule has 162 valence electrons. The van der Waals surface area contributed by atoms with Gasteiger partial charge in [-0.1, -0.05) is 65.8 Å². The van der Waals surface area contributed by atoms with Crippen molar-refractivity contribution in [2.45, 2.75) is 66.2 Å². The molecule has 0 saturated heterocycles. The molecule has 2 nitrogen and oxygen atoms in total. The molecule has 0 aromatic heterocycles. The Labute approximate surface area is 187 Å². The van der Waals surface area contributed by atoms with E-state index >= 15 is 0 Å². The largest absolute Gasteiger partial charge is 0.310 e. The molecule has 0 spiro atoms. The maximum absolute atomic E-state index is 11.5. The maximum atomic E-state index is 11.5. The van der Waals surface area contributed by atoms with E-state index in [1.54, 1.807) is 0 Å². The molecular weight excluding hydrogens is 378 g/mol. The summed E-state index contributed by atoms with van der Waals surface area (Å²) < 4.78 is 0. The molecule has 3 aromatic rings. The number of anilines is 3. The van der Waals surface area contributed by atoms with Crippen molar-refractivity contribution in [2.24, 2.45) is 0 Å². The number of nitrogens with zero attached hydrogens (tertiary/aromatic N) is 1. The van der Waals surface area contributed by atoms with E-state index in [4.69, 9.17) is 0 Å². The SMILES string of the molecule is Cc1cc(N(c2ccc(C(C)(C)C)cc2)c2ccc(C(C)(C)C)cc2)cc(C)c1C=O. The second-order valence-electron chi connectivity index (χ2n) is 10.5. The highest BCUT2D eigenvalue weighted by Crippen LogP contribution is 2.38. The molecule has 0 amide bonds. The second-order valence-corrected chi connectivity index (χ2v) is 10.5. The normalized spacial score (nSPS) is 12.0. The average molecular weight is 414 g/mol. The van der Waals surface area contributed by atoms with Crippen LogP contribution in [-0.4, -0.2) is 6.29 Å². The molecule has 3 aromatic carbocycles. The summed E-state index contributed by atoms with van der Waals surface area (Å²) in [6.07, 6.45) is 0.953. The molecule has 0 saturated carbocycles. The number of aldehydes is 1. The van der Waals surface area contributed by atoms with E-state index in [0.717, 1.165) is 40.0 Å². The number of carbonyl (C=O) groups excluding carboxylic acids is 1. The maximum Gasteiger partial charge on any atom is 0.150 e. The fourth-order valence-electron chi connectivity index (χ4n) is 3.94. The van der Waals surface area contributed by atoms with Crippen molar-refractivity contribution in [1.82, 2.24) is 0 Å². The lowest BCUT2D eigenvalue weighted by Gasteiger charge is -2.29. The van der Waals surface area contributed by atoms with Crippen LogP contribution in [0.3, 0.4) is 0 Å². The lowest BCUT2D eigenvalue weighted by molar-refractivity contribution is 0.112. The van der Waals surface area contributed by atoms with Crippen molar-refractivity contribution in [3.8, 4) is 0 Å². The summed E-state index contributed by atoms with van der Waals surface area (Å²) in [4.78, 5) is 13.8. The zero-order chi connectivity index (χ0) is 23.0. The second kappa shape index (κ2) is 8.34. The molecule has 2 heteroatoms. The number of hydrogen-bond donors (Lipinski definition) is 0. The third kappa shape index (κ3) is 4.90. The smallest absolute Gasteiger partial charge is 0.150 e. The molecule has 0 aliphatic rings. The first-order valence-corrected chi connectivity index (χ1v) is 11.0. The minimum Gasteiger partial charge on any atom is -0.310 e. The molecule has 3 rings (SSSR count). The van der Waals surface area contributed by atoms with Gasteiger partial charge in [-0.15, -0.1) is 0 Å². The quantitative estimate of drug-likeness (QED) is 0.402. The molecule has 31 heavy (non-hydrogen) atoms. The predicted octanol–water partition coefficient (Wildman–Crippen LogP) is 8.18. The average Bonchev–Trinajstić information content (AvgIpc) is 2.67. The molecule has 0 fully saturated rings. The van der Waals surface area contributed by atoms with Crippen LogP contribution in [0, 0.1) is 13.8 Å². The molecule has 0 N–H and O–H groups in total. The summed E-state index contributed by atoms with van der Waals surface area (Å²) in [5.74, 6) is 0. The lowest BCUT2D eigenvalue weighted by Crippen LogP contribution is -2.14.